The van der Waals surface area contributed by atoms with Crippen molar-refractivity contribution in [3.8, 4) is 0 Å². The molecule has 0 saturated heterocycles. The Bertz CT molecular complexity index is 330. The van der Waals surface area contributed by atoms with Crippen molar-refractivity contribution in [2.45, 2.75) is 31.2 Å². The van der Waals surface area contributed by atoms with Crippen molar-refractivity contribution in [3.05, 3.63) is 47.3 Å². The summed E-state index contributed by atoms with van der Waals surface area (Å²) in [7, 11) is 0. The van der Waals surface area contributed by atoms with Gasteiger partial charge in [0.15, 0.2) is 0 Å². The first kappa shape index (κ1) is 8.31. The second kappa shape index (κ2) is 2.88. The smallest absolute Gasteiger partial charge is 0.239 e. The van der Waals surface area contributed by atoms with Crippen LogP contribution in [-0.2, 0) is 0 Å². The molecule has 13 heavy (non-hydrogen) atoms. The van der Waals surface area contributed by atoms with E-state index >= 15 is 0 Å². The van der Waals surface area contributed by atoms with Crippen LogP contribution in [0.3, 0.4) is 0 Å². The third-order valence-corrected chi connectivity index (χ3v) is 3.09. The Morgan fingerprint density at radius 1 is 1.31 bits per heavy atom. The van der Waals surface area contributed by atoms with Crippen LogP contribution in [0.2, 0.25) is 0 Å². The van der Waals surface area contributed by atoms with Gasteiger partial charge in [0, 0.05) is 12.8 Å². The van der Waals surface area contributed by atoms with Gasteiger partial charge < -0.3 is 4.85 Å². The molecular formula is C12H13N. The lowest BCUT2D eigenvalue weighted by Gasteiger charge is -2.12. The van der Waals surface area contributed by atoms with Crippen molar-refractivity contribution in [1.29, 1.82) is 0 Å². The third-order valence-electron chi connectivity index (χ3n) is 3.09. The maximum Gasteiger partial charge on any atom is 0.239 e. The van der Waals surface area contributed by atoms with Crippen LogP contribution in [0.1, 0.15) is 31.2 Å². The highest BCUT2D eigenvalue weighted by Gasteiger charge is 2.55. The zero-order valence-electron chi connectivity index (χ0n) is 7.83. The molecule has 0 spiro atoms. The molecule has 66 valence electrons. The summed E-state index contributed by atoms with van der Waals surface area (Å²) < 4.78 is 0. The van der Waals surface area contributed by atoms with Crippen LogP contribution < -0.4 is 0 Å². The fraction of sp³-hybridized carbons (Fsp3) is 0.417. The minimum Gasteiger partial charge on any atom is -0.310 e. The van der Waals surface area contributed by atoms with E-state index in [1.807, 2.05) is 18.2 Å². The Kier molecular flexibility index (Phi) is 1.84. The Hall–Kier alpha value is -1.29. The average Bonchev–Trinajstić information content (AvgIpc) is 2.99. The van der Waals surface area contributed by atoms with E-state index in [0.717, 1.165) is 12.8 Å². The molecule has 0 amide bonds. The molecule has 1 unspecified atom stereocenters. The minimum atomic E-state index is -0.0542. The standard InChI is InChI=1S/C12H13N/c1-10(12(13-2)8-9-12)11-6-4-3-5-7-11/h3-7,10H,8-9H2,1H3. The van der Waals surface area contributed by atoms with Crippen LogP contribution >= 0.6 is 0 Å². The van der Waals surface area contributed by atoms with Crippen molar-refractivity contribution in [2.75, 3.05) is 0 Å². The summed E-state index contributed by atoms with van der Waals surface area (Å²) in [6, 6.07) is 10.4. The molecule has 1 atom stereocenters. The largest absolute Gasteiger partial charge is 0.310 e. The highest BCUT2D eigenvalue weighted by Crippen LogP contribution is 2.50. The van der Waals surface area contributed by atoms with Gasteiger partial charge in [0.25, 0.3) is 0 Å². The molecule has 2 rings (SSSR count). The molecule has 0 bridgehead atoms. The maximum absolute atomic E-state index is 7.17. The van der Waals surface area contributed by atoms with Crippen LogP contribution in [0.4, 0.5) is 0 Å². The van der Waals surface area contributed by atoms with Crippen molar-refractivity contribution in [2.24, 2.45) is 0 Å². The highest BCUT2D eigenvalue weighted by molar-refractivity contribution is 5.30. The molecule has 1 nitrogen and oxygen atoms in total. The van der Waals surface area contributed by atoms with Crippen molar-refractivity contribution < 1.29 is 0 Å². The van der Waals surface area contributed by atoms with E-state index in [-0.39, 0.29) is 5.54 Å². The summed E-state index contributed by atoms with van der Waals surface area (Å²) in [6.07, 6.45) is 2.15. The molecule has 0 aliphatic heterocycles. The molecule has 0 heterocycles. The monoisotopic (exact) mass is 171 g/mol. The molecule has 1 aliphatic carbocycles. The van der Waals surface area contributed by atoms with Gasteiger partial charge >= 0.3 is 0 Å². The molecule has 1 heteroatoms. The highest BCUT2D eigenvalue weighted by atomic mass is 14.9. The normalized spacial score (nSPS) is 20.3. The lowest BCUT2D eigenvalue weighted by Crippen LogP contribution is -2.12. The van der Waals surface area contributed by atoms with E-state index in [2.05, 4.69) is 23.9 Å². The van der Waals surface area contributed by atoms with Gasteiger partial charge in [-0.2, -0.15) is 0 Å². The maximum atomic E-state index is 7.17. The molecule has 1 saturated carbocycles. The lowest BCUT2D eigenvalue weighted by atomic mass is 9.92. The van der Waals surface area contributed by atoms with E-state index in [0.29, 0.717) is 5.92 Å². The molecule has 0 N–H and O–H groups in total. The summed E-state index contributed by atoms with van der Waals surface area (Å²) in [6.45, 7) is 9.34. The zero-order chi connectivity index (χ0) is 9.31. The van der Waals surface area contributed by atoms with Gasteiger partial charge in [-0.15, -0.1) is 0 Å². The first-order valence-corrected chi connectivity index (χ1v) is 4.72. The molecule has 0 radical (unpaired) electrons. The summed E-state index contributed by atoms with van der Waals surface area (Å²) in [5.41, 5.74) is 1.25. The van der Waals surface area contributed by atoms with Gasteiger partial charge in [-0.05, 0) is 5.56 Å². The number of rotatable bonds is 2. The lowest BCUT2D eigenvalue weighted by molar-refractivity contribution is 0.634. The Morgan fingerprint density at radius 3 is 2.38 bits per heavy atom. The van der Waals surface area contributed by atoms with Gasteiger partial charge in [0.1, 0.15) is 0 Å². The SMILES string of the molecule is [C-]#[N+]C1(C(C)c2ccccc2)CC1. The van der Waals surface area contributed by atoms with E-state index in [1.165, 1.54) is 5.56 Å². The average molecular weight is 171 g/mol. The minimum absolute atomic E-state index is 0.0542. The first-order chi connectivity index (χ1) is 6.28. The number of hydrogen-bond donors (Lipinski definition) is 0. The van der Waals surface area contributed by atoms with Crippen molar-refractivity contribution in [3.63, 3.8) is 0 Å². The Labute approximate surface area is 79.2 Å². The summed E-state index contributed by atoms with van der Waals surface area (Å²) in [5, 5.41) is 0. The van der Waals surface area contributed by atoms with Gasteiger partial charge in [-0.25, -0.2) is 6.57 Å². The van der Waals surface area contributed by atoms with Gasteiger partial charge in [-0.1, -0.05) is 37.3 Å². The molecule has 0 aromatic heterocycles. The van der Waals surface area contributed by atoms with Gasteiger partial charge in [-0.3, -0.25) is 0 Å². The number of nitrogens with zero attached hydrogens (tertiary/aromatic N) is 1. The summed E-state index contributed by atoms with van der Waals surface area (Å²) >= 11 is 0. The fourth-order valence-corrected chi connectivity index (χ4v) is 1.82. The van der Waals surface area contributed by atoms with E-state index < -0.39 is 0 Å². The van der Waals surface area contributed by atoms with Crippen LogP contribution in [0.15, 0.2) is 30.3 Å². The molecule has 1 fully saturated rings. The summed E-state index contributed by atoms with van der Waals surface area (Å²) in [5.74, 6) is 0.395. The zero-order valence-corrected chi connectivity index (χ0v) is 7.83. The van der Waals surface area contributed by atoms with Crippen LogP contribution in [0.5, 0.6) is 0 Å². The molecule has 1 aliphatic rings. The van der Waals surface area contributed by atoms with Crippen LogP contribution in [-0.4, -0.2) is 5.54 Å². The Balaban J connectivity index is 2.24. The van der Waals surface area contributed by atoms with E-state index in [4.69, 9.17) is 6.57 Å². The van der Waals surface area contributed by atoms with Gasteiger partial charge in [0.05, 0.1) is 5.92 Å². The number of benzene rings is 1. The molecular weight excluding hydrogens is 158 g/mol. The fourth-order valence-electron chi connectivity index (χ4n) is 1.82. The van der Waals surface area contributed by atoms with Gasteiger partial charge in [0.2, 0.25) is 5.54 Å². The van der Waals surface area contributed by atoms with Crippen LogP contribution in [0, 0.1) is 6.57 Å². The quantitative estimate of drug-likeness (QED) is 0.602. The third kappa shape index (κ3) is 1.33. The second-order valence-electron chi connectivity index (χ2n) is 3.85. The van der Waals surface area contributed by atoms with Crippen molar-refractivity contribution >= 4 is 0 Å². The van der Waals surface area contributed by atoms with Crippen LogP contribution in [0.25, 0.3) is 4.85 Å². The van der Waals surface area contributed by atoms with E-state index in [9.17, 15) is 0 Å². The predicted octanol–water partition coefficient (Wildman–Crippen LogP) is 3.24. The Morgan fingerprint density at radius 2 is 1.92 bits per heavy atom. The first-order valence-electron chi connectivity index (χ1n) is 4.72. The molecule has 1 aromatic carbocycles. The number of hydrogen-bond acceptors (Lipinski definition) is 0. The molecule has 1 aromatic rings. The van der Waals surface area contributed by atoms with E-state index in [1.54, 1.807) is 0 Å². The predicted molar refractivity (Wildman–Crippen MR) is 53.4 cm³/mol. The van der Waals surface area contributed by atoms with Crippen molar-refractivity contribution in [1.82, 2.24) is 0 Å². The topological polar surface area (TPSA) is 4.36 Å². The second-order valence-corrected chi connectivity index (χ2v) is 3.85. The summed E-state index contributed by atoms with van der Waals surface area (Å²) in [4.78, 5) is 3.76.